The number of carbonyl (C=O) groups is 1. The summed E-state index contributed by atoms with van der Waals surface area (Å²) in [5, 5.41) is 3.48. The van der Waals surface area contributed by atoms with E-state index in [0.717, 1.165) is 16.1 Å². The Morgan fingerprint density at radius 1 is 1.15 bits per heavy atom. The van der Waals surface area contributed by atoms with Crippen molar-refractivity contribution in [2.24, 2.45) is 0 Å². The van der Waals surface area contributed by atoms with Gasteiger partial charge in [-0.1, -0.05) is 23.7 Å². The minimum absolute atomic E-state index is 0.140. The summed E-state index contributed by atoms with van der Waals surface area (Å²) in [5.41, 5.74) is 1.46. The molecule has 0 aliphatic heterocycles. The normalized spacial score (nSPS) is 12.3. The molecule has 2 rings (SSSR count). The highest BCUT2D eigenvalue weighted by Gasteiger charge is 2.13. The number of nitrogens with zero attached hydrogens (tertiary/aromatic N) is 1. The minimum atomic E-state index is -3.32. The lowest BCUT2D eigenvalue weighted by atomic mass is 10.1. The standard InChI is InChI=1S/C18H21ClN2O4S/c1-13(14-4-6-15(19)7-5-14)20-18(22)12-25-17-10-8-16(9-11-17)21(2)26(3,23)24/h4-11,13H,12H2,1-3H3,(H,20,22). The quantitative estimate of drug-likeness (QED) is 0.780. The van der Waals surface area contributed by atoms with Crippen LogP contribution in [0, 0.1) is 0 Å². The minimum Gasteiger partial charge on any atom is -0.484 e. The van der Waals surface area contributed by atoms with Crippen LogP contribution in [0.15, 0.2) is 48.5 Å². The molecule has 0 spiro atoms. The van der Waals surface area contributed by atoms with Gasteiger partial charge in [-0.05, 0) is 48.9 Å². The third-order valence-electron chi connectivity index (χ3n) is 3.82. The molecule has 1 unspecified atom stereocenters. The van der Waals surface area contributed by atoms with Crippen LogP contribution in [0.3, 0.4) is 0 Å². The van der Waals surface area contributed by atoms with E-state index in [1.807, 2.05) is 19.1 Å². The fraction of sp³-hybridized carbons (Fsp3) is 0.278. The predicted molar refractivity (Wildman–Crippen MR) is 103 cm³/mol. The zero-order chi connectivity index (χ0) is 19.3. The van der Waals surface area contributed by atoms with E-state index in [1.165, 1.54) is 7.05 Å². The Bertz CT molecular complexity index is 852. The van der Waals surface area contributed by atoms with Crippen LogP contribution in [0.25, 0.3) is 0 Å². The number of anilines is 1. The molecule has 2 aromatic carbocycles. The van der Waals surface area contributed by atoms with Gasteiger partial charge in [0.05, 0.1) is 18.0 Å². The molecule has 0 aliphatic rings. The van der Waals surface area contributed by atoms with Crippen LogP contribution in [-0.2, 0) is 14.8 Å². The maximum Gasteiger partial charge on any atom is 0.258 e. The van der Waals surface area contributed by atoms with E-state index in [4.69, 9.17) is 16.3 Å². The van der Waals surface area contributed by atoms with Gasteiger partial charge >= 0.3 is 0 Å². The molecule has 6 nitrogen and oxygen atoms in total. The SMILES string of the molecule is CC(NC(=O)COc1ccc(N(C)S(C)(=O)=O)cc1)c1ccc(Cl)cc1. The molecular formula is C18H21ClN2O4S. The molecule has 1 N–H and O–H groups in total. The Morgan fingerprint density at radius 2 is 1.73 bits per heavy atom. The van der Waals surface area contributed by atoms with Crippen molar-refractivity contribution in [1.82, 2.24) is 5.32 Å². The average molecular weight is 397 g/mol. The molecule has 0 aromatic heterocycles. The van der Waals surface area contributed by atoms with Gasteiger partial charge < -0.3 is 10.1 Å². The molecule has 0 aliphatic carbocycles. The molecule has 0 heterocycles. The number of hydrogen-bond acceptors (Lipinski definition) is 4. The van der Waals surface area contributed by atoms with E-state index >= 15 is 0 Å². The molecule has 1 atom stereocenters. The lowest BCUT2D eigenvalue weighted by molar-refractivity contribution is -0.123. The zero-order valence-electron chi connectivity index (χ0n) is 14.8. The van der Waals surface area contributed by atoms with E-state index in [1.54, 1.807) is 36.4 Å². The highest BCUT2D eigenvalue weighted by molar-refractivity contribution is 7.92. The first kappa shape index (κ1) is 20.1. The molecule has 0 saturated heterocycles. The summed E-state index contributed by atoms with van der Waals surface area (Å²) >= 11 is 5.85. The number of hydrogen-bond donors (Lipinski definition) is 1. The monoisotopic (exact) mass is 396 g/mol. The number of amides is 1. The smallest absolute Gasteiger partial charge is 0.258 e. The predicted octanol–water partition coefficient (Wildman–Crippen LogP) is 2.99. The van der Waals surface area contributed by atoms with Crippen molar-refractivity contribution >= 4 is 33.2 Å². The second-order valence-corrected chi connectivity index (χ2v) is 8.30. The number of halogens is 1. The van der Waals surface area contributed by atoms with Gasteiger partial charge in [-0.15, -0.1) is 0 Å². The number of ether oxygens (including phenoxy) is 1. The van der Waals surface area contributed by atoms with Crippen molar-refractivity contribution < 1.29 is 17.9 Å². The van der Waals surface area contributed by atoms with Gasteiger partial charge in [0.25, 0.3) is 5.91 Å². The molecular weight excluding hydrogens is 376 g/mol. The van der Waals surface area contributed by atoms with Gasteiger partial charge in [-0.25, -0.2) is 8.42 Å². The van der Waals surface area contributed by atoms with Gasteiger partial charge in [0.1, 0.15) is 5.75 Å². The number of benzene rings is 2. The third kappa shape index (κ3) is 5.64. The molecule has 8 heteroatoms. The number of sulfonamides is 1. The lowest BCUT2D eigenvalue weighted by Crippen LogP contribution is -2.31. The van der Waals surface area contributed by atoms with E-state index in [2.05, 4.69) is 5.32 Å². The molecule has 0 fully saturated rings. The van der Waals surface area contributed by atoms with Crippen molar-refractivity contribution in [2.75, 3.05) is 24.2 Å². The largest absolute Gasteiger partial charge is 0.484 e. The number of nitrogens with one attached hydrogen (secondary N) is 1. The summed E-state index contributed by atoms with van der Waals surface area (Å²) in [5.74, 6) is 0.217. The van der Waals surface area contributed by atoms with Gasteiger partial charge in [0, 0.05) is 12.1 Å². The van der Waals surface area contributed by atoms with Crippen molar-refractivity contribution in [1.29, 1.82) is 0 Å². The molecule has 26 heavy (non-hydrogen) atoms. The summed E-state index contributed by atoms with van der Waals surface area (Å²) in [6.07, 6.45) is 1.13. The summed E-state index contributed by atoms with van der Waals surface area (Å²) in [7, 11) is -1.85. The summed E-state index contributed by atoms with van der Waals surface area (Å²) in [4.78, 5) is 12.0. The molecule has 0 radical (unpaired) electrons. The maximum absolute atomic E-state index is 12.0. The lowest BCUT2D eigenvalue weighted by Gasteiger charge is -2.17. The van der Waals surface area contributed by atoms with Gasteiger partial charge in [0.15, 0.2) is 6.61 Å². The van der Waals surface area contributed by atoms with Gasteiger partial charge in [-0.2, -0.15) is 0 Å². The third-order valence-corrected chi connectivity index (χ3v) is 5.27. The van der Waals surface area contributed by atoms with Crippen LogP contribution in [0.1, 0.15) is 18.5 Å². The summed E-state index contributed by atoms with van der Waals surface area (Å²) in [6, 6.07) is 13.5. The Kier molecular flexibility index (Phi) is 6.50. The van der Waals surface area contributed by atoms with Crippen LogP contribution < -0.4 is 14.4 Å². The Balaban J connectivity index is 1.88. The summed E-state index contributed by atoms with van der Waals surface area (Å²) in [6.45, 7) is 1.73. The average Bonchev–Trinajstić information content (AvgIpc) is 2.59. The Hall–Kier alpha value is -2.25. The van der Waals surface area contributed by atoms with Crippen LogP contribution in [0.4, 0.5) is 5.69 Å². The molecule has 0 saturated carbocycles. The van der Waals surface area contributed by atoms with E-state index < -0.39 is 10.0 Å². The summed E-state index contributed by atoms with van der Waals surface area (Å²) < 4.78 is 29.6. The fourth-order valence-electron chi connectivity index (χ4n) is 2.21. The first-order valence-corrected chi connectivity index (χ1v) is 10.1. The molecule has 2 aromatic rings. The molecule has 0 bridgehead atoms. The first-order chi connectivity index (χ1) is 12.2. The number of rotatable bonds is 7. The Morgan fingerprint density at radius 3 is 2.27 bits per heavy atom. The molecule has 1 amide bonds. The second kappa shape index (κ2) is 8.42. The van der Waals surface area contributed by atoms with E-state index in [9.17, 15) is 13.2 Å². The van der Waals surface area contributed by atoms with Crippen molar-refractivity contribution in [3.8, 4) is 5.75 Å². The van der Waals surface area contributed by atoms with Gasteiger partial charge in [0.2, 0.25) is 10.0 Å². The number of carbonyl (C=O) groups excluding carboxylic acids is 1. The van der Waals surface area contributed by atoms with E-state index in [0.29, 0.717) is 16.5 Å². The highest BCUT2D eigenvalue weighted by Crippen LogP contribution is 2.20. The zero-order valence-corrected chi connectivity index (χ0v) is 16.3. The fourth-order valence-corrected chi connectivity index (χ4v) is 2.84. The first-order valence-electron chi connectivity index (χ1n) is 7.88. The van der Waals surface area contributed by atoms with Gasteiger partial charge in [-0.3, -0.25) is 9.10 Å². The molecule has 140 valence electrons. The van der Waals surface area contributed by atoms with Crippen LogP contribution in [0.5, 0.6) is 5.75 Å². The van der Waals surface area contributed by atoms with Crippen LogP contribution in [-0.4, -0.2) is 34.2 Å². The Labute approximate surface area is 158 Å². The second-order valence-electron chi connectivity index (χ2n) is 5.85. The van der Waals surface area contributed by atoms with E-state index in [-0.39, 0.29) is 18.6 Å². The topological polar surface area (TPSA) is 75.7 Å². The highest BCUT2D eigenvalue weighted by atomic mass is 35.5. The van der Waals surface area contributed by atoms with Crippen molar-refractivity contribution in [2.45, 2.75) is 13.0 Å². The van der Waals surface area contributed by atoms with Crippen molar-refractivity contribution in [3.05, 3.63) is 59.1 Å². The maximum atomic E-state index is 12.0. The van der Waals surface area contributed by atoms with Crippen LogP contribution in [0.2, 0.25) is 5.02 Å². The van der Waals surface area contributed by atoms with Crippen LogP contribution >= 0.6 is 11.6 Å². The van der Waals surface area contributed by atoms with Crippen molar-refractivity contribution in [3.63, 3.8) is 0 Å².